The number of carbonyl (C=O) groups excluding carboxylic acids is 1. The molecule has 0 aliphatic heterocycles. The molecule has 84 valence electrons. The molecule has 0 amide bonds. The second kappa shape index (κ2) is 4.44. The van der Waals surface area contributed by atoms with Crippen LogP contribution in [0.25, 0.3) is 0 Å². The van der Waals surface area contributed by atoms with E-state index in [9.17, 15) is 4.79 Å². The highest BCUT2D eigenvalue weighted by Crippen LogP contribution is 2.09. The summed E-state index contributed by atoms with van der Waals surface area (Å²) in [6, 6.07) is -0.510. The molecule has 0 fully saturated rings. The standard InChI is InChI=1S/C10H18N4O/c1-6(2)4-8(11)10(15)14-5-9(12)7(3)13-14/h5-6,8H,4,11-12H2,1-3H3/t8-/m1/s1. The van der Waals surface area contributed by atoms with Crippen molar-refractivity contribution in [2.45, 2.75) is 33.2 Å². The zero-order valence-corrected chi connectivity index (χ0v) is 9.40. The lowest BCUT2D eigenvalue weighted by Gasteiger charge is -2.12. The maximum atomic E-state index is 11.8. The number of rotatable bonds is 3. The number of nitrogens with two attached hydrogens (primary N) is 2. The molecule has 5 heteroatoms. The number of carbonyl (C=O) groups is 1. The Bertz CT molecular complexity index is 337. The number of hydrogen-bond acceptors (Lipinski definition) is 4. The summed E-state index contributed by atoms with van der Waals surface area (Å²) in [6.07, 6.45) is 2.16. The van der Waals surface area contributed by atoms with Crippen molar-refractivity contribution in [2.24, 2.45) is 11.7 Å². The first-order chi connectivity index (χ1) is 6.91. The van der Waals surface area contributed by atoms with Gasteiger partial charge in [0.05, 0.1) is 23.6 Å². The van der Waals surface area contributed by atoms with Crippen molar-refractivity contribution in [3.8, 4) is 0 Å². The van der Waals surface area contributed by atoms with Gasteiger partial charge in [-0.1, -0.05) is 13.8 Å². The van der Waals surface area contributed by atoms with Crippen molar-refractivity contribution < 1.29 is 4.79 Å². The topological polar surface area (TPSA) is 86.9 Å². The molecule has 1 heterocycles. The molecule has 0 bridgehead atoms. The summed E-state index contributed by atoms with van der Waals surface area (Å²) >= 11 is 0. The molecule has 0 unspecified atom stereocenters. The van der Waals surface area contributed by atoms with Crippen LogP contribution in [0.15, 0.2) is 6.20 Å². The lowest BCUT2D eigenvalue weighted by molar-refractivity contribution is 0.0852. The van der Waals surface area contributed by atoms with Crippen molar-refractivity contribution in [1.82, 2.24) is 9.78 Å². The minimum Gasteiger partial charge on any atom is -0.396 e. The molecular weight excluding hydrogens is 192 g/mol. The highest BCUT2D eigenvalue weighted by molar-refractivity contribution is 5.83. The van der Waals surface area contributed by atoms with Gasteiger partial charge in [0.1, 0.15) is 0 Å². The van der Waals surface area contributed by atoms with Crippen LogP contribution in [0.5, 0.6) is 0 Å². The molecule has 0 aliphatic carbocycles. The molecule has 1 rings (SSSR count). The summed E-state index contributed by atoms with van der Waals surface area (Å²) < 4.78 is 1.23. The second-order valence-corrected chi connectivity index (χ2v) is 4.19. The van der Waals surface area contributed by atoms with E-state index in [0.717, 1.165) is 0 Å². The van der Waals surface area contributed by atoms with Gasteiger partial charge in [-0.25, -0.2) is 4.68 Å². The fourth-order valence-corrected chi connectivity index (χ4v) is 1.36. The summed E-state index contributed by atoms with van der Waals surface area (Å²) in [5, 5.41) is 4.00. The van der Waals surface area contributed by atoms with Gasteiger partial charge in [0.25, 0.3) is 5.91 Å². The predicted octanol–water partition coefficient (Wildman–Crippen LogP) is 0.787. The summed E-state index contributed by atoms with van der Waals surface area (Å²) in [5.41, 5.74) is 12.5. The largest absolute Gasteiger partial charge is 0.396 e. The van der Waals surface area contributed by atoms with E-state index >= 15 is 0 Å². The van der Waals surface area contributed by atoms with Crippen LogP contribution in [-0.2, 0) is 0 Å². The third kappa shape index (κ3) is 2.79. The molecule has 4 N–H and O–H groups in total. The zero-order valence-electron chi connectivity index (χ0n) is 9.40. The van der Waals surface area contributed by atoms with Crippen LogP contribution in [0.4, 0.5) is 5.69 Å². The van der Waals surface area contributed by atoms with E-state index in [1.807, 2.05) is 13.8 Å². The lowest BCUT2D eigenvalue weighted by atomic mass is 10.0. The van der Waals surface area contributed by atoms with Gasteiger partial charge >= 0.3 is 0 Å². The molecule has 0 saturated heterocycles. The van der Waals surface area contributed by atoms with Gasteiger partial charge in [-0.05, 0) is 19.3 Å². The summed E-state index contributed by atoms with van der Waals surface area (Å²) in [5.74, 6) is 0.182. The third-order valence-electron chi connectivity index (χ3n) is 2.21. The molecule has 1 atom stereocenters. The monoisotopic (exact) mass is 210 g/mol. The maximum absolute atomic E-state index is 11.8. The molecule has 1 aromatic rings. The Morgan fingerprint density at radius 3 is 2.60 bits per heavy atom. The highest BCUT2D eigenvalue weighted by Gasteiger charge is 2.18. The van der Waals surface area contributed by atoms with E-state index < -0.39 is 6.04 Å². The van der Waals surface area contributed by atoms with Crippen LogP contribution in [0.1, 0.15) is 30.8 Å². The Kier molecular flexibility index (Phi) is 3.47. The fourth-order valence-electron chi connectivity index (χ4n) is 1.36. The van der Waals surface area contributed by atoms with Crippen LogP contribution < -0.4 is 11.5 Å². The van der Waals surface area contributed by atoms with E-state index in [-0.39, 0.29) is 5.91 Å². The van der Waals surface area contributed by atoms with Crippen LogP contribution in [0, 0.1) is 12.8 Å². The van der Waals surface area contributed by atoms with Gasteiger partial charge in [0, 0.05) is 0 Å². The maximum Gasteiger partial charge on any atom is 0.263 e. The molecule has 1 aromatic heterocycles. The molecule has 0 spiro atoms. The van der Waals surface area contributed by atoms with Gasteiger partial charge in [0.2, 0.25) is 0 Å². The molecule has 5 nitrogen and oxygen atoms in total. The number of hydrogen-bond donors (Lipinski definition) is 2. The van der Waals surface area contributed by atoms with E-state index in [4.69, 9.17) is 11.5 Å². The second-order valence-electron chi connectivity index (χ2n) is 4.19. The quantitative estimate of drug-likeness (QED) is 0.772. The third-order valence-corrected chi connectivity index (χ3v) is 2.21. The molecule has 0 aromatic carbocycles. The Balaban J connectivity index is 2.76. The lowest BCUT2D eigenvalue weighted by Crippen LogP contribution is -2.36. The van der Waals surface area contributed by atoms with Crippen LogP contribution in [0.3, 0.4) is 0 Å². The smallest absolute Gasteiger partial charge is 0.263 e. The molecule has 0 aliphatic rings. The van der Waals surface area contributed by atoms with Crippen molar-refractivity contribution in [3.63, 3.8) is 0 Å². The SMILES string of the molecule is Cc1nn(C(=O)[C@H](N)CC(C)C)cc1N. The van der Waals surface area contributed by atoms with Crippen molar-refractivity contribution in [2.75, 3.05) is 5.73 Å². The first kappa shape index (κ1) is 11.7. The van der Waals surface area contributed by atoms with E-state index in [2.05, 4.69) is 5.10 Å². The minimum atomic E-state index is -0.510. The normalized spacial score (nSPS) is 13.1. The number of aromatic nitrogens is 2. The Hall–Kier alpha value is -1.36. The number of nitrogens with zero attached hydrogens (tertiary/aromatic N) is 2. The van der Waals surface area contributed by atoms with Gasteiger partial charge in [-0.3, -0.25) is 4.79 Å². The van der Waals surface area contributed by atoms with Gasteiger partial charge < -0.3 is 11.5 Å². The zero-order chi connectivity index (χ0) is 11.6. The van der Waals surface area contributed by atoms with Gasteiger partial charge in [0.15, 0.2) is 0 Å². The number of anilines is 1. The van der Waals surface area contributed by atoms with E-state index in [1.165, 1.54) is 10.9 Å². The molecule has 15 heavy (non-hydrogen) atoms. The van der Waals surface area contributed by atoms with Crippen LogP contribution in [0.2, 0.25) is 0 Å². The average molecular weight is 210 g/mol. The van der Waals surface area contributed by atoms with Crippen molar-refractivity contribution in [1.29, 1.82) is 0 Å². The average Bonchev–Trinajstić information content (AvgIpc) is 2.44. The first-order valence-corrected chi connectivity index (χ1v) is 5.03. The molecule has 0 radical (unpaired) electrons. The van der Waals surface area contributed by atoms with E-state index in [1.54, 1.807) is 6.92 Å². The van der Waals surface area contributed by atoms with Crippen molar-refractivity contribution >= 4 is 11.6 Å². The number of aryl methyl sites for hydroxylation is 1. The number of nitrogen functional groups attached to an aromatic ring is 1. The Morgan fingerprint density at radius 2 is 2.20 bits per heavy atom. The fraction of sp³-hybridized carbons (Fsp3) is 0.600. The van der Waals surface area contributed by atoms with Gasteiger partial charge in [-0.15, -0.1) is 0 Å². The van der Waals surface area contributed by atoms with Crippen LogP contribution in [-0.4, -0.2) is 21.7 Å². The summed E-state index contributed by atoms with van der Waals surface area (Å²) in [7, 11) is 0. The molecular formula is C10H18N4O. The molecule has 0 saturated carbocycles. The summed E-state index contributed by atoms with van der Waals surface area (Å²) in [6.45, 7) is 5.80. The Labute approximate surface area is 89.4 Å². The minimum absolute atomic E-state index is 0.205. The predicted molar refractivity (Wildman–Crippen MR) is 59.4 cm³/mol. The highest BCUT2D eigenvalue weighted by atomic mass is 16.2. The van der Waals surface area contributed by atoms with Gasteiger partial charge in [-0.2, -0.15) is 5.10 Å². The van der Waals surface area contributed by atoms with E-state index in [0.29, 0.717) is 23.7 Å². The van der Waals surface area contributed by atoms with Crippen molar-refractivity contribution in [3.05, 3.63) is 11.9 Å². The summed E-state index contributed by atoms with van der Waals surface area (Å²) in [4.78, 5) is 11.8. The Morgan fingerprint density at radius 1 is 1.60 bits per heavy atom. The first-order valence-electron chi connectivity index (χ1n) is 5.03. The van der Waals surface area contributed by atoms with Crippen LogP contribution >= 0.6 is 0 Å².